The second kappa shape index (κ2) is 4.77. The first-order chi connectivity index (χ1) is 8.09. The lowest BCUT2D eigenvalue weighted by Gasteiger charge is -2.10. The van der Waals surface area contributed by atoms with E-state index in [1.165, 1.54) is 0 Å². The molecule has 1 aromatic carbocycles. The smallest absolute Gasteiger partial charge is 0.322 e. The van der Waals surface area contributed by atoms with Crippen LogP contribution in [0.25, 0.3) is 0 Å². The summed E-state index contributed by atoms with van der Waals surface area (Å²) in [4.78, 5) is 21.9. The highest BCUT2D eigenvalue weighted by atomic mass is 32.2. The zero-order chi connectivity index (χ0) is 12.4. The monoisotopic (exact) mass is 253 g/mol. The van der Waals surface area contributed by atoms with Gasteiger partial charge in [-0.3, -0.25) is 14.9 Å². The minimum absolute atomic E-state index is 0.293. The molecule has 3 N–H and O–H groups in total. The third-order valence-electron chi connectivity index (χ3n) is 2.53. The molecule has 6 heteroatoms. The first kappa shape index (κ1) is 11.9. The summed E-state index contributed by atoms with van der Waals surface area (Å²) in [5.74, 6) is -2.24. The summed E-state index contributed by atoms with van der Waals surface area (Å²) in [7, 11) is 0. The van der Waals surface area contributed by atoms with Crippen LogP contribution in [0.2, 0.25) is 0 Å². The zero-order valence-electron chi connectivity index (χ0n) is 8.74. The van der Waals surface area contributed by atoms with Gasteiger partial charge in [0.25, 0.3) is 0 Å². The molecular weight excluding hydrogens is 242 g/mol. The zero-order valence-corrected chi connectivity index (χ0v) is 9.55. The highest BCUT2D eigenvalue weighted by Crippen LogP contribution is 2.38. The Bertz CT molecular complexity index is 414. The maximum absolute atomic E-state index is 11.0. The Balaban J connectivity index is 2.20. The number of carbonyl (C=O) groups is 2. The third-order valence-corrected chi connectivity index (χ3v) is 3.98. The molecule has 0 amide bonds. The van der Waals surface area contributed by atoms with E-state index in [2.05, 4.69) is 5.32 Å². The molecule has 0 radical (unpaired) electrons. The number of rotatable bonds is 3. The Hall–Kier alpha value is -1.53. The van der Waals surface area contributed by atoms with Gasteiger partial charge in [-0.15, -0.1) is 11.8 Å². The Kier molecular flexibility index (Phi) is 3.35. The van der Waals surface area contributed by atoms with Gasteiger partial charge in [0.15, 0.2) is 0 Å². The number of carboxylic acids is 2. The van der Waals surface area contributed by atoms with Crippen molar-refractivity contribution in [2.75, 3.05) is 0 Å². The predicted octanol–water partition coefficient (Wildman–Crippen LogP) is 0.928. The number of carboxylic acid groups (broad SMARTS) is 2. The molecule has 5 nitrogen and oxygen atoms in total. The molecule has 90 valence electrons. The fourth-order valence-electron chi connectivity index (χ4n) is 1.72. The third kappa shape index (κ3) is 2.42. The van der Waals surface area contributed by atoms with E-state index in [4.69, 9.17) is 10.2 Å². The van der Waals surface area contributed by atoms with Crippen LogP contribution < -0.4 is 5.32 Å². The summed E-state index contributed by atoms with van der Waals surface area (Å²) >= 11 is 1.12. The van der Waals surface area contributed by atoms with Crippen LogP contribution in [0.3, 0.4) is 0 Å². The van der Waals surface area contributed by atoms with Gasteiger partial charge in [-0.2, -0.15) is 0 Å². The summed E-state index contributed by atoms with van der Waals surface area (Å²) in [6, 6.07) is 8.15. The molecule has 1 saturated heterocycles. The molecule has 17 heavy (non-hydrogen) atoms. The second-order valence-electron chi connectivity index (χ2n) is 3.67. The van der Waals surface area contributed by atoms with Crippen molar-refractivity contribution < 1.29 is 19.8 Å². The molecule has 1 aromatic rings. The standard InChI is InChI=1S/C11H11NO4S/c13-10(14)7-8(11(15)16)17-9(12-7)6-4-2-1-3-5-6/h1-5,7-9,12H,(H,13,14)(H,15,16). The number of nitrogens with one attached hydrogen (secondary N) is 1. The van der Waals surface area contributed by atoms with Crippen LogP contribution >= 0.6 is 11.8 Å². The van der Waals surface area contributed by atoms with Crippen molar-refractivity contribution in [1.29, 1.82) is 0 Å². The molecular formula is C11H11NO4S. The highest BCUT2D eigenvalue weighted by molar-refractivity contribution is 8.01. The van der Waals surface area contributed by atoms with E-state index >= 15 is 0 Å². The minimum atomic E-state index is -1.14. The van der Waals surface area contributed by atoms with Crippen LogP contribution in [-0.2, 0) is 9.59 Å². The fourth-order valence-corrected chi connectivity index (χ4v) is 3.02. The molecule has 3 atom stereocenters. The first-order valence-electron chi connectivity index (χ1n) is 5.01. The summed E-state index contributed by atoms with van der Waals surface area (Å²) in [6.07, 6.45) is 0. The molecule has 2 rings (SSSR count). The van der Waals surface area contributed by atoms with Gasteiger partial charge in [-0.25, -0.2) is 0 Å². The van der Waals surface area contributed by atoms with E-state index in [0.29, 0.717) is 0 Å². The predicted molar refractivity (Wildman–Crippen MR) is 62.8 cm³/mol. The lowest BCUT2D eigenvalue weighted by atomic mass is 10.1. The van der Waals surface area contributed by atoms with Crippen molar-refractivity contribution in [3.63, 3.8) is 0 Å². The Labute approximate surface area is 102 Å². The summed E-state index contributed by atoms with van der Waals surface area (Å²) in [5.41, 5.74) is 0.882. The van der Waals surface area contributed by atoms with Crippen molar-refractivity contribution in [3.8, 4) is 0 Å². The number of thioether (sulfide) groups is 1. The Morgan fingerprint density at radius 2 is 1.76 bits per heavy atom. The minimum Gasteiger partial charge on any atom is -0.480 e. The van der Waals surface area contributed by atoms with Gasteiger partial charge in [0.2, 0.25) is 0 Å². The van der Waals surface area contributed by atoms with E-state index in [0.717, 1.165) is 17.3 Å². The summed E-state index contributed by atoms with van der Waals surface area (Å²) in [6.45, 7) is 0. The summed E-state index contributed by atoms with van der Waals surface area (Å²) < 4.78 is 0. The van der Waals surface area contributed by atoms with Gasteiger partial charge in [-0.05, 0) is 5.56 Å². The van der Waals surface area contributed by atoms with Gasteiger partial charge >= 0.3 is 11.9 Å². The van der Waals surface area contributed by atoms with Crippen molar-refractivity contribution in [3.05, 3.63) is 35.9 Å². The molecule has 0 saturated carbocycles. The number of hydrogen-bond donors (Lipinski definition) is 3. The highest BCUT2D eigenvalue weighted by Gasteiger charge is 2.43. The molecule has 1 fully saturated rings. The van der Waals surface area contributed by atoms with E-state index in [1.807, 2.05) is 30.3 Å². The van der Waals surface area contributed by atoms with Gasteiger partial charge in [-0.1, -0.05) is 30.3 Å². The molecule has 0 spiro atoms. The second-order valence-corrected chi connectivity index (χ2v) is 4.92. The topological polar surface area (TPSA) is 86.6 Å². The Morgan fingerprint density at radius 1 is 1.12 bits per heavy atom. The van der Waals surface area contributed by atoms with E-state index in [9.17, 15) is 9.59 Å². The number of aliphatic carboxylic acids is 2. The molecule has 0 aliphatic carbocycles. The lowest BCUT2D eigenvalue weighted by molar-refractivity contribution is -0.144. The van der Waals surface area contributed by atoms with Crippen molar-refractivity contribution in [1.82, 2.24) is 5.32 Å². The van der Waals surface area contributed by atoms with E-state index in [1.54, 1.807) is 0 Å². The largest absolute Gasteiger partial charge is 0.480 e. The number of benzene rings is 1. The van der Waals surface area contributed by atoms with Crippen molar-refractivity contribution in [2.24, 2.45) is 0 Å². The van der Waals surface area contributed by atoms with Gasteiger partial charge in [0.1, 0.15) is 11.3 Å². The molecule has 0 aromatic heterocycles. The van der Waals surface area contributed by atoms with Crippen LogP contribution in [-0.4, -0.2) is 33.4 Å². The van der Waals surface area contributed by atoms with E-state index in [-0.39, 0.29) is 5.37 Å². The average Bonchev–Trinajstić information content (AvgIpc) is 2.75. The number of hydrogen-bond acceptors (Lipinski definition) is 4. The Morgan fingerprint density at radius 3 is 2.24 bits per heavy atom. The normalized spacial score (nSPS) is 27.9. The van der Waals surface area contributed by atoms with Crippen molar-refractivity contribution in [2.45, 2.75) is 16.7 Å². The van der Waals surface area contributed by atoms with Gasteiger partial charge in [0.05, 0.1) is 5.37 Å². The van der Waals surface area contributed by atoms with Crippen LogP contribution in [0.4, 0.5) is 0 Å². The molecule has 1 aliphatic rings. The molecule has 3 unspecified atom stereocenters. The first-order valence-corrected chi connectivity index (χ1v) is 5.96. The van der Waals surface area contributed by atoms with Crippen LogP contribution in [0.15, 0.2) is 30.3 Å². The quantitative estimate of drug-likeness (QED) is 0.743. The SMILES string of the molecule is O=C(O)C1NC(c2ccccc2)SC1C(=O)O. The molecule has 1 heterocycles. The maximum Gasteiger partial charge on any atom is 0.322 e. The van der Waals surface area contributed by atoms with Gasteiger partial charge in [0, 0.05) is 0 Å². The molecule has 0 bridgehead atoms. The van der Waals surface area contributed by atoms with Crippen LogP contribution in [0.5, 0.6) is 0 Å². The van der Waals surface area contributed by atoms with Crippen molar-refractivity contribution >= 4 is 23.7 Å². The summed E-state index contributed by atoms with van der Waals surface area (Å²) in [5, 5.41) is 19.5. The average molecular weight is 253 g/mol. The maximum atomic E-state index is 11.0. The fraction of sp³-hybridized carbons (Fsp3) is 0.273. The van der Waals surface area contributed by atoms with Gasteiger partial charge < -0.3 is 10.2 Å². The lowest BCUT2D eigenvalue weighted by Crippen LogP contribution is -2.41. The molecule has 1 aliphatic heterocycles. The van der Waals surface area contributed by atoms with Crippen LogP contribution in [0.1, 0.15) is 10.9 Å². The van der Waals surface area contributed by atoms with Crippen LogP contribution in [0, 0.1) is 0 Å². The van der Waals surface area contributed by atoms with E-state index < -0.39 is 23.2 Å².